The molecule has 1 amide bonds. The average Bonchev–Trinajstić information content (AvgIpc) is 3.10. The number of rotatable bonds is 6. The van der Waals surface area contributed by atoms with Gasteiger partial charge in [-0.15, -0.1) is 10.2 Å². The molecule has 3 rings (SSSR count). The van der Waals surface area contributed by atoms with Crippen LogP contribution in [0.4, 0.5) is 10.1 Å². The van der Waals surface area contributed by atoms with Crippen LogP contribution in [-0.2, 0) is 11.2 Å². The van der Waals surface area contributed by atoms with E-state index in [9.17, 15) is 9.18 Å². The summed E-state index contributed by atoms with van der Waals surface area (Å²) in [5.41, 5.74) is 0.910. The maximum Gasteiger partial charge on any atom is 0.250 e. The van der Waals surface area contributed by atoms with Gasteiger partial charge in [0, 0.05) is 18.5 Å². The number of nitrogens with one attached hydrogen (secondary N) is 1. The van der Waals surface area contributed by atoms with Crippen molar-refractivity contribution in [2.75, 3.05) is 12.4 Å². The number of nitrogens with zero attached hydrogens (tertiary/aromatic N) is 2. The van der Waals surface area contributed by atoms with Crippen molar-refractivity contribution >= 4 is 11.6 Å². The zero-order chi connectivity index (χ0) is 17.6. The van der Waals surface area contributed by atoms with Gasteiger partial charge in [0.2, 0.25) is 11.8 Å². The Morgan fingerprint density at radius 1 is 1.16 bits per heavy atom. The highest BCUT2D eigenvalue weighted by molar-refractivity contribution is 5.90. The second kappa shape index (κ2) is 7.57. The Kier molecular flexibility index (Phi) is 5.03. The molecule has 1 heterocycles. The summed E-state index contributed by atoms with van der Waals surface area (Å²) in [6.45, 7) is 0. The van der Waals surface area contributed by atoms with Crippen molar-refractivity contribution in [3.8, 4) is 17.2 Å². The molecule has 0 saturated heterocycles. The fourth-order valence-corrected chi connectivity index (χ4v) is 2.22. The number of aromatic nitrogens is 2. The van der Waals surface area contributed by atoms with Crippen molar-refractivity contribution < 1.29 is 18.3 Å². The lowest BCUT2D eigenvalue weighted by atomic mass is 10.2. The SMILES string of the molecule is COc1ccc(NC(=O)CCc2nnc(-c3ccccc3F)o2)cc1. The number of methoxy groups -OCH3 is 1. The van der Waals surface area contributed by atoms with E-state index in [1.54, 1.807) is 49.6 Å². The summed E-state index contributed by atoms with van der Waals surface area (Å²) in [5, 5.41) is 10.4. The number of ether oxygens (including phenoxy) is 1. The highest BCUT2D eigenvalue weighted by atomic mass is 19.1. The summed E-state index contributed by atoms with van der Waals surface area (Å²) in [6, 6.07) is 13.2. The van der Waals surface area contributed by atoms with Crippen LogP contribution in [0.25, 0.3) is 11.5 Å². The minimum atomic E-state index is -0.435. The van der Waals surface area contributed by atoms with Crippen molar-refractivity contribution in [2.45, 2.75) is 12.8 Å². The van der Waals surface area contributed by atoms with E-state index in [1.807, 2.05) is 0 Å². The molecule has 7 heteroatoms. The molecule has 1 aromatic heterocycles. The molecule has 0 spiro atoms. The van der Waals surface area contributed by atoms with E-state index in [2.05, 4.69) is 15.5 Å². The van der Waals surface area contributed by atoms with Gasteiger partial charge >= 0.3 is 0 Å². The van der Waals surface area contributed by atoms with Crippen LogP contribution in [0.2, 0.25) is 0 Å². The quantitative estimate of drug-likeness (QED) is 0.743. The number of anilines is 1. The van der Waals surface area contributed by atoms with Gasteiger partial charge in [-0.05, 0) is 36.4 Å². The average molecular weight is 341 g/mol. The number of carbonyl (C=O) groups is 1. The van der Waals surface area contributed by atoms with Crippen LogP contribution >= 0.6 is 0 Å². The Bertz CT molecular complexity index is 862. The van der Waals surface area contributed by atoms with E-state index in [0.717, 1.165) is 0 Å². The van der Waals surface area contributed by atoms with Crippen molar-refractivity contribution in [3.63, 3.8) is 0 Å². The van der Waals surface area contributed by atoms with Crippen LogP contribution in [-0.4, -0.2) is 23.2 Å². The van der Waals surface area contributed by atoms with Gasteiger partial charge in [0.05, 0.1) is 12.7 Å². The van der Waals surface area contributed by atoms with Crippen LogP contribution < -0.4 is 10.1 Å². The largest absolute Gasteiger partial charge is 0.497 e. The second-order valence-corrected chi connectivity index (χ2v) is 5.26. The first-order valence-electron chi connectivity index (χ1n) is 7.67. The smallest absolute Gasteiger partial charge is 0.250 e. The molecule has 1 N–H and O–H groups in total. The van der Waals surface area contributed by atoms with Gasteiger partial charge in [0.25, 0.3) is 5.89 Å². The number of carbonyl (C=O) groups excluding carboxylic acids is 1. The molecule has 0 aliphatic carbocycles. The summed E-state index contributed by atoms with van der Waals surface area (Å²) in [6.07, 6.45) is 0.439. The summed E-state index contributed by atoms with van der Waals surface area (Å²) in [5.74, 6) is 0.474. The fraction of sp³-hybridized carbons (Fsp3) is 0.167. The van der Waals surface area contributed by atoms with Crippen molar-refractivity contribution in [2.24, 2.45) is 0 Å². The Morgan fingerprint density at radius 2 is 1.92 bits per heavy atom. The molecule has 0 fully saturated rings. The summed E-state index contributed by atoms with van der Waals surface area (Å²) in [7, 11) is 1.58. The number of aryl methyl sites for hydroxylation is 1. The lowest BCUT2D eigenvalue weighted by Gasteiger charge is -2.05. The maximum atomic E-state index is 13.7. The molecule has 2 aromatic carbocycles. The summed E-state index contributed by atoms with van der Waals surface area (Å²) in [4.78, 5) is 12.0. The normalized spacial score (nSPS) is 10.5. The standard InChI is InChI=1S/C18H16FN3O3/c1-24-13-8-6-12(7-9-13)20-16(23)10-11-17-21-22-18(25-17)14-4-2-3-5-15(14)19/h2-9H,10-11H2,1H3,(H,20,23). The lowest BCUT2D eigenvalue weighted by Crippen LogP contribution is -2.12. The molecule has 0 aliphatic rings. The Hall–Kier alpha value is -3.22. The van der Waals surface area contributed by atoms with Crippen LogP contribution in [0.1, 0.15) is 12.3 Å². The molecule has 0 bridgehead atoms. The van der Waals surface area contributed by atoms with Gasteiger partial charge in [0.15, 0.2) is 0 Å². The minimum Gasteiger partial charge on any atom is -0.497 e. The van der Waals surface area contributed by atoms with E-state index in [1.165, 1.54) is 6.07 Å². The maximum absolute atomic E-state index is 13.7. The van der Waals surface area contributed by atoms with E-state index >= 15 is 0 Å². The molecule has 128 valence electrons. The van der Waals surface area contributed by atoms with Gasteiger partial charge in [-0.1, -0.05) is 12.1 Å². The molecule has 0 saturated carbocycles. The molecule has 0 aliphatic heterocycles. The van der Waals surface area contributed by atoms with E-state index in [0.29, 0.717) is 11.4 Å². The zero-order valence-electron chi connectivity index (χ0n) is 13.5. The van der Waals surface area contributed by atoms with Crippen molar-refractivity contribution in [1.29, 1.82) is 0 Å². The highest BCUT2D eigenvalue weighted by Crippen LogP contribution is 2.21. The number of benzene rings is 2. The van der Waals surface area contributed by atoms with Gasteiger partial charge in [0.1, 0.15) is 11.6 Å². The first-order valence-corrected chi connectivity index (χ1v) is 7.67. The molecular weight excluding hydrogens is 325 g/mol. The van der Waals surface area contributed by atoms with Crippen LogP contribution in [0.15, 0.2) is 52.9 Å². The molecule has 0 radical (unpaired) electrons. The van der Waals surface area contributed by atoms with Crippen LogP contribution in [0.5, 0.6) is 5.75 Å². The molecule has 0 unspecified atom stereocenters. The van der Waals surface area contributed by atoms with E-state index < -0.39 is 5.82 Å². The summed E-state index contributed by atoms with van der Waals surface area (Å²) >= 11 is 0. The minimum absolute atomic E-state index is 0.101. The Labute approximate surface area is 143 Å². The zero-order valence-corrected chi connectivity index (χ0v) is 13.5. The number of amides is 1. The Morgan fingerprint density at radius 3 is 2.64 bits per heavy atom. The predicted molar refractivity (Wildman–Crippen MR) is 89.6 cm³/mol. The van der Waals surface area contributed by atoms with Gasteiger partial charge in [-0.2, -0.15) is 0 Å². The number of hydrogen-bond donors (Lipinski definition) is 1. The molecule has 6 nitrogen and oxygen atoms in total. The fourth-order valence-electron chi connectivity index (χ4n) is 2.22. The molecular formula is C18H16FN3O3. The third-order valence-electron chi connectivity index (χ3n) is 3.51. The molecule has 25 heavy (non-hydrogen) atoms. The monoisotopic (exact) mass is 341 g/mol. The van der Waals surface area contributed by atoms with Crippen LogP contribution in [0, 0.1) is 5.82 Å². The first-order chi connectivity index (χ1) is 12.2. The van der Waals surface area contributed by atoms with Gasteiger partial charge in [-0.3, -0.25) is 4.79 Å². The molecule has 3 aromatic rings. The topological polar surface area (TPSA) is 77.2 Å². The van der Waals surface area contributed by atoms with Gasteiger partial charge in [-0.25, -0.2) is 4.39 Å². The number of hydrogen-bond acceptors (Lipinski definition) is 5. The first kappa shape index (κ1) is 16.6. The van der Waals surface area contributed by atoms with E-state index in [-0.39, 0.29) is 36.1 Å². The lowest BCUT2D eigenvalue weighted by molar-refractivity contribution is -0.116. The molecule has 0 atom stereocenters. The van der Waals surface area contributed by atoms with Gasteiger partial charge < -0.3 is 14.5 Å². The van der Waals surface area contributed by atoms with Crippen molar-refractivity contribution in [1.82, 2.24) is 10.2 Å². The van der Waals surface area contributed by atoms with Crippen LogP contribution in [0.3, 0.4) is 0 Å². The third kappa shape index (κ3) is 4.20. The highest BCUT2D eigenvalue weighted by Gasteiger charge is 2.13. The number of halogens is 1. The predicted octanol–water partition coefficient (Wildman–Crippen LogP) is 3.46. The Balaban J connectivity index is 1.56. The second-order valence-electron chi connectivity index (χ2n) is 5.26. The van der Waals surface area contributed by atoms with Crippen molar-refractivity contribution in [3.05, 3.63) is 60.2 Å². The third-order valence-corrected chi connectivity index (χ3v) is 3.51. The summed E-state index contributed by atoms with van der Waals surface area (Å²) < 4.78 is 24.2. The van der Waals surface area contributed by atoms with E-state index in [4.69, 9.17) is 9.15 Å².